The third-order valence-corrected chi connectivity index (χ3v) is 4.14. The predicted molar refractivity (Wildman–Crippen MR) is 50.0 cm³/mol. The van der Waals surface area contributed by atoms with Gasteiger partial charge in [-0.2, -0.15) is 0 Å². The Bertz CT molecular complexity index is 230. The SMILES string of the molecule is CC1=CC[C@@H](C23CCC(C2)N3)C1. The van der Waals surface area contributed by atoms with E-state index < -0.39 is 0 Å². The summed E-state index contributed by atoms with van der Waals surface area (Å²) < 4.78 is 0. The molecule has 66 valence electrons. The Morgan fingerprint density at radius 2 is 2.42 bits per heavy atom. The van der Waals surface area contributed by atoms with E-state index in [1.807, 2.05) is 0 Å². The Morgan fingerprint density at radius 1 is 1.58 bits per heavy atom. The molecule has 1 nitrogen and oxygen atoms in total. The Morgan fingerprint density at radius 3 is 2.92 bits per heavy atom. The van der Waals surface area contributed by atoms with Gasteiger partial charge in [0.2, 0.25) is 0 Å². The first-order valence-corrected chi connectivity index (χ1v) is 5.22. The molecule has 1 N–H and O–H groups in total. The highest BCUT2D eigenvalue weighted by Crippen LogP contribution is 2.50. The molecule has 12 heavy (non-hydrogen) atoms. The molecule has 0 aromatic rings. The minimum atomic E-state index is 0.596. The summed E-state index contributed by atoms with van der Waals surface area (Å²) in [6, 6.07) is 0.894. The second kappa shape index (κ2) is 2.14. The average molecular weight is 163 g/mol. The van der Waals surface area contributed by atoms with Gasteiger partial charge < -0.3 is 5.32 Å². The number of hydrogen-bond acceptors (Lipinski definition) is 1. The number of fused-ring (bicyclic) bond motifs is 1. The molecule has 4 rings (SSSR count). The molecule has 3 fully saturated rings. The van der Waals surface area contributed by atoms with Crippen LogP contribution in [-0.4, -0.2) is 11.6 Å². The monoisotopic (exact) mass is 163 g/mol. The fourth-order valence-electron chi connectivity index (χ4n) is 3.41. The Hall–Kier alpha value is -0.300. The molecule has 0 aromatic heterocycles. The molecule has 0 aromatic carbocycles. The summed E-state index contributed by atoms with van der Waals surface area (Å²) in [5.74, 6) is 0.941. The van der Waals surface area contributed by atoms with Crippen molar-refractivity contribution in [2.45, 2.75) is 50.6 Å². The van der Waals surface area contributed by atoms with Gasteiger partial charge in [0, 0.05) is 11.6 Å². The molecule has 2 heterocycles. The van der Waals surface area contributed by atoms with Crippen molar-refractivity contribution in [3.05, 3.63) is 11.6 Å². The van der Waals surface area contributed by atoms with Crippen LogP contribution in [0.3, 0.4) is 0 Å². The van der Waals surface area contributed by atoms with Crippen molar-refractivity contribution in [3.8, 4) is 0 Å². The maximum atomic E-state index is 3.76. The van der Waals surface area contributed by atoms with Gasteiger partial charge in [-0.25, -0.2) is 0 Å². The molecular weight excluding hydrogens is 146 g/mol. The highest BCUT2D eigenvalue weighted by atomic mass is 15.1. The fourth-order valence-corrected chi connectivity index (χ4v) is 3.41. The molecule has 2 bridgehead atoms. The first kappa shape index (κ1) is 7.14. The van der Waals surface area contributed by atoms with Crippen molar-refractivity contribution in [3.63, 3.8) is 0 Å². The first-order chi connectivity index (χ1) is 5.78. The van der Waals surface area contributed by atoms with Gasteiger partial charge in [0.15, 0.2) is 0 Å². The van der Waals surface area contributed by atoms with E-state index in [0.717, 1.165) is 12.0 Å². The Kier molecular flexibility index (Phi) is 1.27. The third-order valence-electron chi connectivity index (χ3n) is 4.14. The molecular formula is C11H17N. The van der Waals surface area contributed by atoms with E-state index in [1.165, 1.54) is 32.1 Å². The second-order valence-corrected chi connectivity index (χ2v) is 4.93. The fraction of sp³-hybridized carbons (Fsp3) is 0.818. The van der Waals surface area contributed by atoms with Crippen molar-refractivity contribution < 1.29 is 0 Å². The molecule has 4 aliphatic rings. The molecule has 2 aliphatic carbocycles. The first-order valence-electron chi connectivity index (χ1n) is 5.22. The maximum Gasteiger partial charge on any atom is 0.0233 e. The largest absolute Gasteiger partial charge is 0.308 e. The summed E-state index contributed by atoms with van der Waals surface area (Å²) in [5.41, 5.74) is 2.21. The molecule has 1 saturated carbocycles. The summed E-state index contributed by atoms with van der Waals surface area (Å²) in [5, 5.41) is 3.76. The van der Waals surface area contributed by atoms with Crippen molar-refractivity contribution in [2.75, 3.05) is 0 Å². The van der Waals surface area contributed by atoms with Crippen LogP contribution in [0, 0.1) is 5.92 Å². The zero-order valence-corrected chi connectivity index (χ0v) is 7.77. The van der Waals surface area contributed by atoms with E-state index in [2.05, 4.69) is 18.3 Å². The van der Waals surface area contributed by atoms with Crippen LogP contribution in [0.1, 0.15) is 39.0 Å². The average Bonchev–Trinajstić information content (AvgIpc) is 2.55. The Balaban J connectivity index is 1.75. The van der Waals surface area contributed by atoms with Gasteiger partial charge in [-0.15, -0.1) is 0 Å². The predicted octanol–water partition coefficient (Wildman–Crippen LogP) is 2.24. The van der Waals surface area contributed by atoms with E-state index in [4.69, 9.17) is 0 Å². The van der Waals surface area contributed by atoms with Gasteiger partial charge in [-0.05, 0) is 44.9 Å². The van der Waals surface area contributed by atoms with E-state index >= 15 is 0 Å². The lowest BCUT2D eigenvalue weighted by Gasteiger charge is -2.45. The number of nitrogens with one attached hydrogen (secondary N) is 1. The van der Waals surface area contributed by atoms with Crippen LogP contribution in [0.25, 0.3) is 0 Å². The number of allylic oxidation sites excluding steroid dienone is 2. The molecule has 3 atom stereocenters. The summed E-state index contributed by atoms with van der Waals surface area (Å²) in [4.78, 5) is 0. The van der Waals surface area contributed by atoms with Gasteiger partial charge >= 0.3 is 0 Å². The minimum absolute atomic E-state index is 0.596. The molecule has 1 heteroatoms. The lowest BCUT2D eigenvalue weighted by atomic mass is 9.76. The van der Waals surface area contributed by atoms with E-state index in [1.54, 1.807) is 5.57 Å². The smallest absolute Gasteiger partial charge is 0.0233 e. The molecule has 2 saturated heterocycles. The minimum Gasteiger partial charge on any atom is -0.308 e. The summed E-state index contributed by atoms with van der Waals surface area (Å²) in [7, 11) is 0. The standard InChI is InChI=1S/C11H17N/c1-8-2-3-9(6-8)11-5-4-10(7-11)12-11/h2,9-10,12H,3-7H2,1H3/t9-,10?,11?/m1/s1. The van der Waals surface area contributed by atoms with Crippen LogP contribution in [-0.2, 0) is 0 Å². The van der Waals surface area contributed by atoms with Gasteiger partial charge in [-0.3, -0.25) is 0 Å². The van der Waals surface area contributed by atoms with Crippen LogP contribution < -0.4 is 5.32 Å². The van der Waals surface area contributed by atoms with E-state index in [-0.39, 0.29) is 0 Å². The highest BCUT2D eigenvalue weighted by Gasteiger charge is 2.54. The highest BCUT2D eigenvalue weighted by molar-refractivity contribution is 5.20. The van der Waals surface area contributed by atoms with Gasteiger partial charge in [0.25, 0.3) is 0 Å². The second-order valence-electron chi connectivity index (χ2n) is 4.93. The summed E-state index contributed by atoms with van der Waals surface area (Å²) >= 11 is 0. The van der Waals surface area contributed by atoms with Crippen molar-refractivity contribution in [1.82, 2.24) is 5.32 Å². The molecule has 2 unspecified atom stereocenters. The van der Waals surface area contributed by atoms with Crippen molar-refractivity contribution in [1.29, 1.82) is 0 Å². The molecule has 0 amide bonds. The normalized spacial score (nSPS) is 50.6. The van der Waals surface area contributed by atoms with Crippen LogP contribution in [0.15, 0.2) is 11.6 Å². The lowest BCUT2D eigenvalue weighted by molar-refractivity contribution is 0.140. The van der Waals surface area contributed by atoms with Gasteiger partial charge in [0.05, 0.1) is 0 Å². The topological polar surface area (TPSA) is 12.0 Å². The van der Waals surface area contributed by atoms with Crippen LogP contribution in [0.2, 0.25) is 0 Å². The van der Waals surface area contributed by atoms with Gasteiger partial charge in [-0.1, -0.05) is 11.6 Å². The summed E-state index contributed by atoms with van der Waals surface area (Å²) in [6.45, 7) is 2.28. The zero-order chi connectivity index (χ0) is 8.18. The van der Waals surface area contributed by atoms with Crippen LogP contribution in [0.5, 0.6) is 0 Å². The van der Waals surface area contributed by atoms with E-state index in [0.29, 0.717) is 5.54 Å². The molecule has 0 spiro atoms. The lowest BCUT2D eigenvalue weighted by Crippen LogP contribution is -2.59. The van der Waals surface area contributed by atoms with Crippen LogP contribution in [0.4, 0.5) is 0 Å². The van der Waals surface area contributed by atoms with Crippen molar-refractivity contribution in [2.24, 2.45) is 5.92 Å². The molecule has 2 aliphatic heterocycles. The van der Waals surface area contributed by atoms with Crippen LogP contribution >= 0.6 is 0 Å². The summed E-state index contributed by atoms with van der Waals surface area (Å²) in [6.07, 6.45) is 9.50. The maximum absolute atomic E-state index is 3.76. The number of hydrogen-bond donors (Lipinski definition) is 1. The van der Waals surface area contributed by atoms with Gasteiger partial charge in [0.1, 0.15) is 0 Å². The van der Waals surface area contributed by atoms with Crippen molar-refractivity contribution >= 4 is 0 Å². The third kappa shape index (κ3) is 0.779. The Labute approximate surface area is 74.2 Å². The zero-order valence-electron chi connectivity index (χ0n) is 7.77. The van der Waals surface area contributed by atoms with E-state index in [9.17, 15) is 0 Å². The quantitative estimate of drug-likeness (QED) is 0.584. The number of rotatable bonds is 1. The molecule has 0 radical (unpaired) electrons.